The zero-order chi connectivity index (χ0) is 9.26. The van der Waals surface area contributed by atoms with Crippen molar-refractivity contribution in [1.29, 1.82) is 0 Å². The van der Waals surface area contributed by atoms with E-state index in [2.05, 4.69) is 42.2 Å². The van der Waals surface area contributed by atoms with E-state index in [0.717, 1.165) is 18.4 Å². The Hall–Kier alpha value is -1.15. The first-order valence-corrected chi connectivity index (χ1v) is 4.53. The van der Waals surface area contributed by atoms with Gasteiger partial charge in [0.05, 0.1) is 11.9 Å². The van der Waals surface area contributed by atoms with Crippen LogP contribution in [0.2, 0.25) is 0 Å². The van der Waals surface area contributed by atoms with Crippen LogP contribution in [0.25, 0.3) is 5.57 Å². The molecule has 0 aliphatic carbocycles. The minimum absolute atomic E-state index is 0.873. The van der Waals surface area contributed by atoms with E-state index in [1.807, 2.05) is 6.07 Å². The smallest absolute Gasteiger partial charge is 0.0651 e. The molecule has 0 saturated carbocycles. The highest BCUT2D eigenvalue weighted by Gasteiger charge is 2.05. The molecule has 0 aromatic heterocycles. The number of hydrogen-bond donors (Lipinski definition) is 0. The molecule has 68 valence electrons. The van der Waals surface area contributed by atoms with Crippen LogP contribution in [0.4, 0.5) is 0 Å². The predicted molar refractivity (Wildman–Crippen MR) is 54.1 cm³/mol. The third-order valence-corrected chi connectivity index (χ3v) is 2.23. The van der Waals surface area contributed by atoms with Gasteiger partial charge in [-0.1, -0.05) is 18.2 Å². The summed E-state index contributed by atoms with van der Waals surface area (Å²) in [6.07, 6.45) is 0. The van der Waals surface area contributed by atoms with Crippen LogP contribution >= 0.6 is 0 Å². The lowest BCUT2D eigenvalue weighted by molar-refractivity contribution is 0.460. The Morgan fingerprint density at radius 2 is 2.08 bits per heavy atom. The van der Waals surface area contributed by atoms with E-state index in [1.54, 1.807) is 0 Å². The molecule has 2 rings (SSSR count). The molecule has 1 aromatic carbocycles. The van der Waals surface area contributed by atoms with Crippen LogP contribution in [0.15, 0.2) is 29.3 Å². The highest BCUT2D eigenvalue weighted by molar-refractivity contribution is 5.50. The molecule has 0 fully saturated rings. The van der Waals surface area contributed by atoms with Crippen LogP contribution in [-0.4, -0.2) is 32.1 Å². The zero-order valence-corrected chi connectivity index (χ0v) is 8.12. The molecule has 0 radical (unpaired) electrons. The van der Waals surface area contributed by atoms with Crippen molar-refractivity contribution in [3.63, 3.8) is 0 Å². The number of benzene rings is 1. The number of rotatable bonds is 2. The molecule has 1 heterocycles. The Bertz CT molecular complexity index is 418. The van der Waals surface area contributed by atoms with Crippen molar-refractivity contribution in [1.82, 2.24) is 4.90 Å². The van der Waals surface area contributed by atoms with Gasteiger partial charge >= 0.3 is 0 Å². The summed E-state index contributed by atoms with van der Waals surface area (Å²) in [6, 6.07) is 8.36. The number of para-hydroxylation sites is 1. The van der Waals surface area contributed by atoms with Gasteiger partial charge in [-0.05, 0) is 25.7 Å². The second-order valence-corrected chi connectivity index (χ2v) is 3.67. The number of nitrogens with zero attached hydrogens (tertiary/aromatic N) is 2. The van der Waals surface area contributed by atoms with Gasteiger partial charge < -0.3 is 4.90 Å². The molecule has 0 bridgehead atoms. The molecular weight excluding hydrogens is 160 g/mol. The van der Waals surface area contributed by atoms with Crippen molar-refractivity contribution in [2.45, 2.75) is 0 Å². The highest BCUT2D eigenvalue weighted by atomic mass is 15.1. The van der Waals surface area contributed by atoms with Crippen LogP contribution in [0.1, 0.15) is 0 Å². The molecule has 1 aliphatic heterocycles. The molecule has 0 amide bonds. The van der Waals surface area contributed by atoms with Gasteiger partial charge in [-0.15, -0.1) is 0 Å². The summed E-state index contributed by atoms with van der Waals surface area (Å²) in [6.45, 7) is 1.89. The summed E-state index contributed by atoms with van der Waals surface area (Å²) in [5.74, 6) is 0. The molecule has 0 spiro atoms. The fraction of sp³-hybridized carbons (Fsp3) is 0.364. The van der Waals surface area contributed by atoms with Crippen molar-refractivity contribution in [2.75, 3.05) is 27.2 Å². The Morgan fingerprint density at radius 3 is 2.85 bits per heavy atom. The number of fused-ring (bicyclic) bond motifs is 1. The van der Waals surface area contributed by atoms with E-state index in [-0.39, 0.29) is 0 Å². The summed E-state index contributed by atoms with van der Waals surface area (Å²) in [7, 11) is 4.18. The average Bonchev–Trinajstić information content (AvgIpc) is 2.48. The van der Waals surface area contributed by atoms with E-state index in [0.29, 0.717) is 0 Å². The maximum atomic E-state index is 4.47. The second-order valence-electron chi connectivity index (χ2n) is 3.67. The van der Waals surface area contributed by atoms with Gasteiger partial charge in [0.15, 0.2) is 0 Å². The molecule has 0 N–H and O–H groups in total. The number of hydrogen-bond acceptors (Lipinski definition) is 2. The molecule has 2 nitrogen and oxygen atoms in total. The van der Waals surface area contributed by atoms with Crippen molar-refractivity contribution in [3.8, 4) is 0 Å². The highest BCUT2D eigenvalue weighted by Crippen LogP contribution is 1.98. The molecule has 0 unspecified atom stereocenters. The molecular formula is C11H14N2. The van der Waals surface area contributed by atoms with E-state index in [4.69, 9.17) is 0 Å². The molecule has 0 saturated heterocycles. The van der Waals surface area contributed by atoms with Crippen LogP contribution in [-0.2, 0) is 0 Å². The first-order valence-electron chi connectivity index (χ1n) is 4.53. The van der Waals surface area contributed by atoms with Crippen LogP contribution in [0.3, 0.4) is 0 Å². The zero-order valence-electron chi connectivity index (χ0n) is 8.12. The largest absolute Gasteiger partial charge is 0.305 e. The summed E-state index contributed by atoms with van der Waals surface area (Å²) >= 11 is 0. The Labute approximate surface area is 78.2 Å². The Kier molecular flexibility index (Phi) is 2.15. The minimum atomic E-state index is 0.873. The lowest BCUT2D eigenvalue weighted by atomic mass is 10.2. The van der Waals surface area contributed by atoms with E-state index in [1.165, 1.54) is 10.8 Å². The summed E-state index contributed by atoms with van der Waals surface area (Å²) in [4.78, 5) is 6.66. The van der Waals surface area contributed by atoms with E-state index < -0.39 is 0 Å². The maximum Gasteiger partial charge on any atom is 0.0651 e. The quantitative estimate of drug-likeness (QED) is 0.618. The lowest BCUT2D eigenvalue weighted by Gasteiger charge is -2.09. The van der Waals surface area contributed by atoms with Crippen LogP contribution < -0.4 is 10.6 Å². The SMILES string of the molecule is CN(C)CC1=c2ccccc2=NC1. The van der Waals surface area contributed by atoms with Gasteiger partial charge in [-0.25, -0.2) is 0 Å². The minimum Gasteiger partial charge on any atom is -0.305 e. The van der Waals surface area contributed by atoms with E-state index in [9.17, 15) is 0 Å². The second kappa shape index (κ2) is 3.30. The maximum absolute atomic E-state index is 4.47. The van der Waals surface area contributed by atoms with Crippen molar-refractivity contribution in [3.05, 3.63) is 34.8 Å². The molecule has 1 aliphatic rings. The normalized spacial score (nSPS) is 14.5. The van der Waals surface area contributed by atoms with Crippen molar-refractivity contribution < 1.29 is 0 Å². The third kappa shape index (κ3) is 1.63. The first-order chi connectivity index (χ1) is 6.27. The molecule has 2 heteroatoms. The fourth-order valence-corrected chi connectivity index (χ4v) is 1.69. The molecule has 0 atom stereocenters. The lowest BCUT2D eigenvalue weighted by Crippen LogP contribution is -2.26. The van der Waals surface area contributed by atoms with Gasteiger partial charge in [-0.2, -0.15) is 0 Å². The summed E-state index contributed by atoms with van der Waals surface area (Å²) < 4.78 is 0. The molecule has 13 heavy (non-hydrogen) atoms. The third-order valence-electron chi connectivity index (χ3n) is 2.23. The summed E-state index contributed by atoms with van der Waals surface area (Å²) in [5.41, 5.74) is 1.43. The van der Waals surface area contributed by atoms with Crippen LogP contribution in [0.5, 0.6) is 0 Å². The average molecular weight is 174 g/mol. The Morgan fingerprint density at radius 1 is 1.31 bits per heavy atom. The monoisotopic (exact) mass is 174 g/mol. The first kappa shape index (κ1) is 8.45. The van der Waals surface area contributed by atoms with E-state index >= 15 is 0 Å². The van der Waals surface area contributed by atoms with Crippen LogP contribution in [0, 0.1) is 0 Å². The van der Waals surface area contributed by atoms with Gasteiger partial charge in [0.2, 0.25) is 0 Å². The van der Waals surface area contributed by atoms with Gasteiger partial charge in [0.1, 0.15) is 0 Å². The fourth-order valence-electron chi connectivity index (χ4n) is 1.69. The molecule has 1 aromatic rings. The van der Waals surface area contributed by atoms with Gasteiger partial charge in [0.25, 0.3) is 0 Å². The summed E-state index contributed by atoms with van der Waals surface area (Å²) in [5, 5.41) is 2.48. The Balaban J connectivity index is 2.48. The standard InChI is InChI=1S/C11H14N2/c1-13(2)8-9-7-12-11-6-4-3-5-10(9)11/h3-6H,7-8H2,1-2H3. The predicted octanol–water partition coefficient (Wildman–Crippen LogP) is 0.0321. The van der Waals surface area contributed by atoms with Crippen molar-refractivity contribution in [2.24, 2.45) is 4.99 Å². The van der Waals surface area contributed by atoms with Crippen molar-refractivity contribution >= 4 is 5.57 Å². The van der Waals surface area contributed by atoms with Gasteiger partial charge in [-0.3, -0.25) is 4.99 Å². The van der Waals surface area contributed by atoms with Gasteiger partial charge in [0, 0.05) is 11.8 Å². The topological polar surface area (TPSA) is 15.6 Å².